The standard InChI is InChI=1S/C21H20N2O6Si/c1-30(2)29-20-9-7-19(8-10-20)28-14-15-5-3-4-6-21(15)16-11-17(22(24)25)13-18(12-16)23(26)27/h3-13,30H,14H2,1-2H3. The van der Waals surface area contributed by atoms with Gasteiger partial charge in [-0.1, -0.05) is 24.3 Å². The second-order valence-corrected chi connectivity index (χ2v) is 9.17. The molecule has 0 aliphatic carbocycles. The van der Waals surface area contributed by atoms with Crippen molar-refractivity contribution in [3.05, 3.63) is 92.5 Å². The summed E-state index contributed by atoms with van der Waals surface area (Å²) in [5.74, 6) is 1.45. The zero-order valence-corrected chi connectivity index (χ0v) is 17.6. The Morgan fingerprint density at radius 1 is 0.833 bits per heavy atom. The van der Waals surface area contributed by atoms with Crippen LogP contribution in [0.15, 0.2) is 66.7 Å². The highest BCUT2D eigenvalue weighted by Crippen LogP contribution is 2.32. The SMILES string of the molecule is C[SiH](C)Oc1ccc(OCc2ccccc2-c2cc([N+](=O)[O-])cc([N+](=O)[O-])c2)cc1. The van der Waals surface area contributed by atoms with Gasteiger partial charge in [0.1, 0.15) is 18.1 Å². The Kier molecular flexibility index (Phi) is 6.43. The van der Waals surface area contributed by atoms with E-state index in [0.717, 1.165) is 17.4 Å². The van der Waals surface area contributed by atoms with Gasteiger partial charge in [-0.25, -0.2) is 0 Å². The maximum Gasteiger partial charge on any atom is 0.276 e. The lowest BCUT2D eigenvalue weighted by atomic mass is 9.99. The Balaban J connectivity index is 1.86. The van der Waals surface area contributed by atoms with Gasteiger partial charge in [-0.15, -0.1) is 0 Å². The van der Waals surface area contributed by atoms with E-state index in [1.807, 2.05) is 36.4 Å². The highest BCUT2D eigenvalue weighted by atomic mass is 28.3. The molecule has 3 aromatic rings. The molecule has 0 spiro atoms. The number of nitro groups is 2. The highest BCUT2D eigenvalue weighted by Gasteiger charge is 2.18. The van der Waals surface area contributed by atoms with E-state index in [4.69, 9.17) is 9.16 Å². The molecular weight excluding hydrogens is 404 g/mol. The van der Waals surface area contributed by atoms with E-state index < -0.39 is 18.9 Å². The molecule has 3 rings (SSSR count). The Bertz CT molecular complexity index is 1040. The van der Waals surface area contributed by atoms with Crippen molar-refractivity contribution in [3.63, 3.8) is 0 Å². The number of benzene rings is 3. The van der Waals surface area contributed by atoms with Gasteiger partial charge in [0.25, 0.3) is 11.4 Å². The van der Waals surface area contributed by atoms with E-state index in [9.17, 15) is 20.2 Å². The van der Waals surface area contributed by atoms with Crippen LogP contribution in [0.4, 0.5) is 11.4 Å². The molecule has 30 heavy (non-hydrogen) atoms. The predicted molar refractivity (Wildman–Crippen MR) is 115 cm³/mol. The summed E-state index contributed by atoms with van der Waals surface area (Å²) in [6.07, 6.45) is 0. The maximum absolute atomic E-state index is 11.2. The number of nitrogens with zero attached hydrogens (tertiary/aromatic N) is 2. The summed E-state index contributed by atoms with van der Waals surface area (Å²) in [5, 5.41) is 22.4. The van der Waals surface area contributed by atoms with Crippen LogP contribution in [0, 0.1) is 20.2 Å². The molecule has 154 valence electrons. The summed E-state index contributed by atoms with van der Waals surface area (Å²) >= 11 is 0. The smallest absolute Gasteiger partial charge is 0.276 e. The second-order valence-electron chi connectivity index (χ2n) is 6.84. The van der Waals surface area contributed by atoms with Gasteiger partial charge < -0.3 is 9.16 Å². The van der Waals surface area contributed by atoms with Gasteiger partial charge in [-0.05, 0) is 54.0 Å². The average Bonchev–Trinajstić information content (AvgIpc) is 2.72. The van der Waals surface area contributed by atoms with Gasteiger partial charge in [0.05, 0.1) is 15.9 Å². The fourth-order valence-electron chi connectivity index (χ4n) is 2.94. The molecule has 0 heterocycles. The topological polar surface area (TPSA) is 105 Å². The first kappa shape index (κ1) is 21.0. The molecule has 3 aromatic carbocycles. The van der Waals surface area contributed by atoms with Crippen LogP contribution in [-0.2, 0) is 6.61 Å². The lowest BCUT2D eigenvalue weighted by molar-refractivity contribution is -0.394. The predicted octanol–water partition coefficient (Wildman–Crippen LogP) is 5.11. The summed E-state index contributed by atoms with van der Waals surface area (Å²) in [7, 11) is -1.18. The van der Waals surface area contributed by atoms with Crippen molar-refractivity contribution in [1.82, 2.24) is 0 Å². The number of hydrogen-bond acceptors (Lipinski definition) is 6. The van der Waals surface area contributed by atoms with Crippen molar-refractivity contribution in [2.75, 3.05) is 0 Å². The van der Waals surface area contributed by atoms with Crippen molar-refractivity contribution in [2.45, 2.75) is 19.7 Å². The van der Waals surface area contributed by atoms with E-state index in [1.54, 1.807) is 12.1 Å². The molecule has 0 saturated heterocycles. The number of nitro benzene ring substituents is 2. The molecular formula is C21H20N2O6Si. The van der Waals surface area contributed by atoms with E-state index in [1.165, 1.54) is 12.1 Å². The van der Waals surface area contributed by atoms with Gasteiger partial charge >= 0.3 is 0 Å². The van der Waals surface area contributed by atoms with Gasteiger partial charge in [-0.3, -0.25) is 20.2 Å². The lowest BCUT2D eigenvalue weighted by Crippen LogP contribution is -2.10. The van der Waals surface area contributed by atoms with Crippen molar-refractivity contribution in [3.8, 4) is 22.6 Å². The molecule has 9 heteroatoms. The zero-order chi connectivity index (χ0) is 21.7. The number of non-ortho nitro benzene ring substituents is 2. The second kappa shape index (κ2) is 9.18. The molecule has 0 atom stereocenters. The third-order valence-corrected chi connectivity index (χ3v) is 4.99. The van der Waals surface area contributed by atoms with E-state index >= 15 is 0 Å². The average molecular weight is 424 g/mol. The summed E-state index contributed by atoms with van der Waals surface area (Å²) in [5.41, 5.74) is 1.11. The molecule has 0 aliphatic heterocycles. The van der Waals surface area contributed by atoms with E-state index in [0.29, 0.717) is 16.9 Å². The minimum atomic E-state index is -1.18. The first-order valence-electron chi connectivity index (χ1n) is 9.25. The van der Waals surface area contributed by atoms with Crippen LogP contribution < -0.4 is 9.16 Å². The minimum Gasteiger partial charge on any atom is -0.547 e. The van der Waals surface area contributed by atoms with Crippen LogP contribution in [-0.4, -0.2) is 18.9 Å². The third-order valence-electron chi connectivity index (χ3n) is 4.24. The van der Waals surface area contributed by atoms with Crippen LogP contribution in [0.3, 0.4) is 0 Å². The molecule has 0 aliphatic rings. The molecule has 0 fully saturated rings. The molecule has 0 N–H and O–H groups in total. The Morgan fingerprint density at radius 3 is 1.97 bits per heavy atom. The van der Waals surface area contributed by atoms with Crippen LogP contribution in [0.1, 0.15) is 5.56 Å². The summed E-state index contributed by atoms with van der Waals surface area (Å²) < 4.78 is 11.6. The fourth-order valence-corrected chi connectivity index (χ4v) is 3.64. The molecule has 0 unspecified atom stereocenters. The van der Waals surface area contributed by atoms with Crippen molar-refractivity contribution < 1.29 is 19.0 Å². The Hall–Kier alpha value is -3.72. The van der Waals surface area contributed by atoms with Gasteiger partial charge in [0.2, 0.25) is 9.04 Å². The molecule has 0 amide bonds. The van der Waals surface area contributed by atoms with Gasteiger partial charge in [0.15, 0.2) is 0 Å². The quantitative estimate of drug-likeness (QED) is 0.283. The van der Waals surface area contributed by atoms with Gasteiger partial charge in [-0.2, -0.15) is 0 Å². The van der Waals surface area contributed by atoms with Crippen LogP contribution >= 0.6 is 0 Å². The lowest BCUT2D eigenvalue weighted by Gasteiger charge is -2.13. The third kappa shape index (κ3) is 5.20. The highest BCUT2D eigenvalue weighted by molar-refractivity contribution is 6.49. The van der Waals surface area contributed by atoms with E-state index in [2.05, 4.69) is 13.1 Å². The van der Waals surface area contributed by atoms with Crippen molar-refractivity contribution in [2.24, 2.45) is 0 Å². The Morgan fingerprint density at radius 2 is 1.40 bits per heavy atom. The van der Waals surface area contributed by atoms with Crippen LogP contribution in [0.2, 0.25) is 13.1 Å². The van der Waals surface area contributed by atoms with E-state index in [-0.39, 0.29) is 18.0 Å². The number of hydrogen-bond donors (Lipinski definition) is 0. The van der Waals surface area contributed by atoms with Crippen molar-refractivity contribution >= 4 is 20.4 Å². The number of ether oxygens (including phenoxy) is 1. The first-order valence-corrected chi connectivity index (χ1v) is 12.0. The molecule has 0 saturated carbocycles. The van der Waals surface area contributed by atoms with Crippen LogP contribution in [0.25, 0.3) is 11.1 Å². The summed E-state index contributed by atoms with van der Waals surface area (Å²) in [4.78, 5) is 21.1. The molecule has 0 aromatic heterocycles. The van der Waals surface area contributed by atoms with Gasteiger partial charge in [0, 0.05) is 12.1 Å². The number of rotatable bonds is 8. The monoisotopic (exact) mass is 424 g/mol. The molecule has 0 radical (unpaired) electrons. The molecule has 8 nitrogen and oxygen atoms in total. The fraction of sp³-hybridized carbons (Fsp3) is 0.143. The molecule has 0 bridgehead atoms. The summed E-state index contributed by atoms with van der Waals surface area (Å²) in [6.45, 7) is 4.37. The van der Waals surface area contributed by atoms with Crippen molar-refractivity contribution in [1.29, 1.82) is 0 Å². The first-order chi connectivity index (χ1) is 14.3. The van der Waals surface area contributed by atoms with Crippen LogP contribution in [0.5, 0.6) is 11.5 Å². The largest absolute Gasteiger partial charge is 0.547 e. The summed E-state index contributed by atoms with van der Waals surface area (Å²) in [6, 6.07) is 18.1. The zero-order valence-electron chi connectivity index (χ0n) is 16.5. The minimum absolute atomic E-state index is 0.200. The Labute approximate surface area is 174 Å². The normalized spacial score (nSPS) is 10.6. The maximum atomic E-state index is 11.2.